The van der Waals surface area contributed by atoms with Crippen LogP contribution in [0.3, 0.4) is 0 Å². The molecule has 4 rings (SSSR count). The van der Waals surface area contributed by atoms with Crippen LogP contribution < -0.4 is 20.7 Å². The lowest BCUT2D eigenvalue weighted by Gasteiger charge is -2.36. The Morgan fingerprint density at radius 1 is 0.944 bits per heavy atom. The normalized spacial score (nSPS) is 13.9. The minimum Gasteiger partial charge on any atom is -0.488 e. The number of carbonyl (C=O) groups excluding carboxylic acids is 2. The highest BCUT2D eigenvalue weighted by molar-refractivity contribution is 5.95. The van der Waals surface area contributed by atoms with Crippen molar-refractivity contribution in [2.45, 2.75) is 20.0 Å². The van der Waals surface area contributed by atoms with Gasteiger partial charge < -0.3 is 20.7 Å². The average molecular weight is 487 g/mol. The first kappa shape index (κ1) is 25.3. The maximum atomic E-state index is 12.7. The Hall–Kier alpha value is -3.84. The molecule has 0 radical (unpaired) electrons. The predicted octanol–water partition coefficient (Wildman–Crippen LogP) is 3.62. The Labute approximate surface area is 212 Å². The van der Waals surface area contributed by atoms with E-state index in [-0.39, 0.29) is 12.5 Å². The van der Waals surface area contributed by atoms with Crippen molar-refractivity contribution in [3.8, 4) is 5.75 Å². The number of hydrogen-bond donors (Lipinski definition) is 2. The molecule has 7 nitrogen and oxygen atoms in total. The van der Waals surface area contributed by atoms with Crippen molar-refractivity contribution in [2.24, 2.45) is 5.73 Å². The van der Waals surface area contributed by atoms with E-state index >= 15 is 0 Å². The van der Waals surface area contributed by atoms with Crippen LogP contribution in [0.25, 0.3) is 0 Å². The Kier molecular flexibility index (Phi) is 8.57. The zero-order valence-corrected chi connectivity index (χ0v) is 20.8. The van der Waals surface area contributed by atoms with Crippen LogP contribution in [-0.2, 0) is 6.61 Å². The molecular weight excluding hydrogens is 452 g/mol. The number of carbonyl (C=O) groups is 2. The van der Waals surface area contributed by atoms with E-state index in [0.717, 1.165) is 44.7 Å². The van der Waals surface area contributed by atoms with Gasteiger partial charge in [-0.25, -0.2) is 0 Å². The molecular formula is C29H34N4O3. The first-order valence-electron chi connectivity index (χ1n) is 12.4. The van der Waals surface area contributed by atoms with Gasteiger partial charge in [0.05, 0.1) is 5.56 Å². The SMILES string of the molecule is Cc1cccc(N2CCN(CCCNC(=O)c3cccc(COc4ccccc4C(N)=O)c3)CC2)c1. The maximum absolute atomic E-state index is 12.7. The van der Waals surface area contributed by atoms with Crippen LogP contribution in [0.1, 0.15) is 38.3 Å². The fraction of sp³-hybridized carbons (Fsp3) is 0.310. The molecule has 0 spiro atoms. The highest BCUT2D eigenvalue weighted by atomic mass is 16.5. The number of ether oxygens (including phenoxy) is 1. The number of hydrogen-bond acceptors (Lipinski definition) is 5. The van der Waals surface area contributed by atoms with Crippen LogP contribution in [0.5, 0.6) is 5.75 Å². The van der Waals surface area contributed by atoms with Gasteiger partial charge in [-0.3, -0.25) is 14.5 Å². The van der Waals surface area contributed by atoms with Gasteiger partial charge in [-0.1, -0.05) is 36.4 Å². The number of amides is 2. The Balaban J connectivity index is 1.19. The molecule has 0 aliphatic carbocycles. The van der Waals surface area contributed by atoms with Crippen molar-refractivity contribution < 1.29 is 14.3 Å². The monoisotopic (exact) mass is 486 g/mol. The van der Waals surface area contributed by atoms with Crippen LogP contribution in [-0.4, -0.2) is 56.0 Å². The smallest absolute Gasteiger partial charge is 0.252 e. The minimum atomic E-state index is -0.535. The van der Waals surface area contributed by atoms with Gasteiger partial charge in [-0.2, -0.15) is 0 Å². The summed E-state index contributed by atoms with van der Waals surface area (Å²) in [7, 11) is 0. The van der Waals surface area contributed by atoms with E-state index in [9.17, 15) is 9.59 Å². The fourth-order valence-electron chi connectivity index (χ4n) is 4.42. The third kappa shape index (κ3) is 6.86. The molecule has 3 N–H and O–H groups in total. The summed E-state index contributed by atoms with van der Waals surface area (Å²) in [5.74, 6) is -0.204. The molecule has 1 aliphatic rings. The third-order valence-electron chi connectivity index (χ3n) is 6.41. The van der Waals surface area contributed by atoms with Crippen LogP contribution >= 0.6 is 0 Å². The number of nitrogens with two attached hydrogens (primary N) is 1. The van der Waals surface area contributed by atoms with Gasteiger partial charge in [-0.15, -0.1) is 0 Å². The molecule has 1 saturated heterocycles. The number of anilines is 1. The summed E-state index contributed by atoms with van der Waals surface area (Å²) in [6, 6.07) is 22.9. The summed E-state index contributed by atoms with van der Waals surface area (Å²) in [6.45, 7) is 8.07. The first-order chi connectivity index (χ1) is 17.5. The van der Waals surface area contributed by atoms with E-state index in [4.69, 9.17) is 10.5 Å². The van der Waals surface area contributed by atoms with Gasteiger partial charge in [-0.05, 0) is 67.4 Å². The maximum Gasteiger partial charge on any atom is 0.252 e. The number of aryl methyl sites for hydroxylation is 1. The second kappa shape index (κ2) is 12.2. The second-order valence-corrected chi connectivity index (χ2v) is 9.13. The number of nitrogens with zero attached hydrogens (tertiary/aromatic N) is 2. The topological polar surface area (TPSA) is 87.9 Å². The highest BCUT2D eigenvalue weighted by Crippen LogP contribution is 2.20. The zero-order chi connectivity index (χ0) is 25.3. The molecule has 0 saturated carbocycles. The minimum absolute atomic E-state index is 0.0985. The Morgan fingerprint density at radius 2 is 1.72 bits per heavy atom. The quantitative estimate of drug-likeness (QED) is 0.428. The molecule has 1 fully saturated rings. The van der Waals surface area contributed by atoms with Crippen LogP contribution in [0.4, 0.5) is 5.69 Å². The van der Waals surface area contributed by atoms with Crippen molar-refractivity contribution in [2.75, 3.05) is 44.2 Å². The van der Waals surface area contributed by atoms with Crippen LogP contribution in [0, 0.1) is 6.92 Å². The van der Waals surface area contributed by atoms with E-state index in [2.05, 4.69) is 46.3 Å². The Morgan fingerprint density at radius 3 is 2.50 bits per heavy atom. The molecule has 0 unspecified atom stereocenters. The summed E-state index contributed by atoms with van der Waals surface area (Å²) in [6.07, 6.45) is 0.906. The third-order valence-corrected chi connectivity index (χ3v) is 6.41. The van der Waals surface area contributed by atoms with E-state index in [1.165, 1.54) is 11.3 Å². The van der Waals surface area contributed by atoms with E-state index in [1.807, 2.05) is 18.2 Å². The first-order valence-corrected chi connectivity index (χ1v) is 12.4. The molecule has 0 atom stereocenters. The predicted molar refractivity (Wildman–Crippen MR) is 143 cm³/mol. The summed E-state index contributed by atoms with van der Waals surface area (Å²) < 4.78 is 5.78. The highest BCUT2D eigenvalue weighted by Gasteiger charge is 2.17. The summed E-state index contributed by atoms with van der Waals surface area (Å²) >= 11 is 0. The molecule has 2 amide bonds. The lowest BCUT2D eigenvalue weighted by molar-refractivity contribution is 0.0950. The molecule has 3 aromatic carbocycles. The van der Waals surface area contributed by atoms with Gasteiger partial charge >= 0.3 is 0 Å². The molecule has 188 valence electrons. The van der Waals surface area contributed by atoms with Gasteiger partial charge in [0.2, 0.25) is 0 Å². The standard InChI is InChI=1S/C29H34N4O3/c1-22-7-4-10-25(19-22)33-17-15-32(16-18-33)14-6-13-31-29(35)24-9-5-8-23(20-24)21-36-27-12-3-2-11-26(27)28(30)34/h2-5,7-12,19-20H,6,13-18,21H2,1H3,(H2,30,34)(H,31,35). The molecule has 3 aromatic rings. The zero-order valence-electron chi connectivity index (χ0n) is 20.8. The molecule has 0 aromatic heterocycles. The number of piperazine rings is 1. The van der Waals surface area contributed by atoms with Crippen LogP contribution in [0.2, 0.25) is 0 Å². The molecule has 36 heavy (non-hydrogen) atoms. The molecule has 0 bridgehead atoms. The largest absolute Gasteiger partial charge is 0.488 e. The van der Waals surface area contributed by atoms with Crippen molar-refractivity contribution in [1.82, 2.24) is 10.2 Å². The van der Waals surface area contributed by atoms with E-state index in [1.54, 1.807) is 30.3 Å². The molecule has 1 heterocycles. The van der Waals surface area contributed by atoms with Crippen LogP contribution in [0.15, 0.2) is 72.8 Å². The number of benzene rings is 3. The number of nitrogens with one attached hydrogen (secondary N) is 1. The average Bonchev–Trinajstić information content (AvgIpc) is 2.90. The van der Waals surface area contributed by atoms with E-state index in [0.29, 0.717) is 23.4 Å². The number of rotatable bonds is 10. The fourth-order valence-corrected chi connectivity index (χ4v) is 4.42. The van der Waals surface area contributed by atoms with Crippen molar-refractivity contribution in [3.63, 3.8) is 0 Å². The van der Waals surface area contributed by atoms with E-state index < -0.39 is 5.91 Å². The van der Waals surface area contributed by atoms with Gasteiger partial charge in [0.15, 0.2) is 0 Å². The number of para-hydroxylation sites is 1. The van der Waals surface area contributed by atoms with Gasteiger partial charge in [0, 0.05) is 44.0 Å². The summed E-state index contributed by atoms with van der Waals surface area (Å²) in [5, 5.41) is 3.03. The number of primary amides is 1. The van der Waals surface area contributed by atoms with Crippen molar-refractivity contribution in [3.05, 3.63) is 95.1 Å². The second-order valence-electron chi connectivity index (χ2n) is 9.13. The lowest BCUT2D eigenvalue weighted by atomic mass is 10.1. The lowest BCUT2D eigenvalue weighted by Crippen LogP contribution is -2.47. The summed E-state index contributed by atoms with van der Waals surface area (Å²) in [4.78, 5) is 29.1. The summed E-state index contributed by atoms with van der Waals surface area (Å²) in [5.41, 5.74) is 9.76. The Bertz CT molecular complexity index is 1190. The van der Waals surface area contributed by atoms with Gasteiger partial charge in [0.1, 0.15) is 12.4 Å². The molecule has 7 heteroatoms. The van der Waals surface area contributed by atoms with Crippen molar-refractivity contribution >= 4 is 17.5 Å². The van der Waals surface area contributed by atoms with Crippen molar-refractivity contribution in [1.29, 1.82) is 0 Å². The van der Waals surface area contributed by atoms with Gasteiger partial charge in [0.25, 0.3) is 11.8 Å². The molecule has 1 aliphatic heterocycles.